The van der Waals surface area contributed by atoms with Crippen LogP contribution in [0.25, 0.3) is 0 Å². The molecule has 2 heteroatoms. The summed E-state index contributed by atoms with van der Waals surface area (Å²) >= 11 is 0. The minimum atomic E-state index is 0.439. The Bertz CT molecular complexity index is 79.3. The molecule has 0 spiro atoms. The van der Waals surface area contributed by atoms with E-state index in [1.54, 1.807) is 0 Å². The third-order valence-corrected chi connectivity index (χ3v) is 1.82. The van der Waals surface area contributed by atoms with Crippen molar-refractivity contribution in [2.45, 2.75) is 32.3 Å². The minimum absolute atomic E-state index is 0.439. The standard InChI is InChI=1S/C8H16NO/c1-2-3-4-8-7-9-5-6-10-8/h8H,2-7H2,1H3. The molecule has 1 aliphatic heterocycles. The van der Waals surface area contributed by atoms with E-state index < -0.39 is 0 Å². The monoisotopic (exact) mass is 142 g/mol. The first kappa shape index (κ1) is 8.02. The van der Waals surface area contributed by atoms with Gasteiger partial charge in [0.05, 0.1) is 12.7 Å². The maximum absolute atomic E-state index is 5.49. The van der Waals surface area contributed by atoms with Crippen molar-refractivity contribution in [2.24, 2.45) is 0 Å². The Morgan fingerprint density at radius 1 is 1.60 bits per heavy atom. The van der Waals surface area contributed by atoms with E-state index in [9.17, 15) is 0 Å². The molecule has 1 atom stereocenters. The van der Waals surface area contributed by atoms with Crippen LogP contribution in [0.3, 0.4) is 0 Å². The molecular formula is C8H16NO. The number of hydrogen-bond acceptors (Lipinski definition) is 1. The molecular weight excluding hydrogens is 126 g/mol. The largest absolute Gasteiger partial charge is 0.375 e. The highest BCUT2D eigenvalue weighted by Crippen LogP contribution is 2.06. The van der Waals surface area contributed by atoms with Gasteiger partial charge in [-0.3, -0.25) is 0 Å². The number of unbranched alkanes of at least 4 members (excludes halogenated alkanes) is 1. The summed E-state index contributed by atoms with van der Waals surface area (Å²) in [5.41, 5.74) is 0. The molecule has 1 unspecified atom stereocenters. The maximum atomic E-state index is 5.49. The van der Waals surface area contributed by atoms with Crippen LogP contribution >= 0.6 is 0 Å². The lowest BCUT2D eigenvalue weighted by atomic mass is 10.1. The normalized spacial score (nSPS) is 26.7. The van der Waals surface area contributed by atoms with Crippen molar-refractivity contribution in [2.75, 3.05) is 19.7 Å². The fourth-order valence-electron chi connectivity index (χ4n) is 1.18. The number of hydrogen-bond donors (Lipinski definition) is 0. The third-order valence-electron chi connectivity index (χ3n) is 1.82. The van der Waals surface area contributed by atoms with Crippen molar-refractivity contribution in [1.29, 1.82) is 0 Å². The van der Waals surface area contributed by atoms with Gasteiger partial charge in [0.25, 0.3) is 0 Å². The highest BCUT2D eigenvalue weighted by atomic mass is 16.5. The summed E-state index contributed by atoms with van der Waals surface area (Å²) in [7, 11) is 0. The average Bonchev–Trinajstić information content (AvgIpc) is 2.03. The molecule has 0 amide bonds. The number of morpholine rings is 1. The van der Waals surface area contributed by atoms with Crippen molar-refractivity contribution in [1.82, 2.24) is 5.32 Å². The summed E-state index contributed by atoms with van der Waals surface area (Å²) in [4.78, 5) is 0. The lowest BCUT2D eigenvalue weighted by molar-refractivity contribution is 0.0208. The van der Waals surface area contributed by atoms with E-state index in [0.29, 0.717) is 6.10 Å². The maximum Gasteiger partial charge on any atom is 0.0716 e. The van der Waals surface area contributed by atoms with Crippen LogP contribution in [0, 0.1) is 0 Å². The van der Waals surface area contributed by atoms with Crippen LogP contribution in [0.4, 0.5) is 0 Å². The van der Waals surface area contributed by atoms with Crippen molar-refractivity contribution in [3.05, 3.63) is 0 Å². The quantitative estimate of drug-likeness (QED) is 0.580. The Hall–Kier alpha value is -0.0800. The van der Waals surface area contributed by atoms with E-state index in [4.69, 9.17) is 4.74 Å². The molecule has 0 saturated carbocycles. The average molecular weight is 142 g/mol. The first-order valence-electron chi connectivity index (χ1n) is 4.18. The zero-order chi connectivity index (χ0) is 7.23. The second-order valence-electron chi connectivity index (χ2n) is 2.76. The van der Waals surface area contributed by atoms with Crippen LogP contribution < -0.4 is 5.32 Å². The molecule has 1 radical (unpaired) electrons. The molecule has 2 nitrogen and oxygen atoms in total. The highest BCUT2D eigenvalue weighted by Gasteiger charge is 2.12. The Balaban J connectivity index is 2.02. The third kappa shape index (κ3) is 2.67. The lowest BCUT2D eigenvalue weighted by Crippen LogP contribution is -2.33. The molecule has 0 aromatic heterocycles. The van der Waals surface area contributed by atoms with E-state index >= 15 is 0 Å². The van der Waals surface area contributed by atoms with Gasteiger partial charge < -0.3 is 4.74 Å². The van der Waals surface area contributed by atoms with Crippen LogP contribution in [0.5, 0.6) is 0 Å². The number of ether oxygens (including phenoxy) is 1. The highest BCUT2D eigenvalue weighted by molar-refractivity contribution is 4.65. The van der Waals surface area contributed by atoms with E-state index in [-0.39, 0.29) is 0 Å². The zero-order valence-corrected chi connectivity index (χ0v) is 6.68. The summed E-state index contributed by atoms with van der Waals surface area (Å²) in [6.45, 7) is 4.89. The molecule has 0 aromatic carbocycles. The van der Waals surface area contributed by atoms with Crippen molar-refractivity contribution >= 4 is 0 Å². The Labute approximate surface area is 63.0 Å². The molecule has 0 bridgehead atoms. The predicted molar refractivity (Wildman–Crippen MR) is 41.1 cm³/mol. The van der Waals surface area contributed by atoms with Gasteiger partial charge in [-0.2, -0.15) is 0 Å². The van der Waals surface area contributed by atoms with Crippen LogP contribution in [0.1, 0.15) is 26.2 Å². The van der Waals surface area contributed by atoms with Gasteiger partial charge in [0.2, 0.25) is 0 Å². The topological polar surface area (TPSA) is 23.3 Å². The van der Waals surface area contributed by atoms with Crippen molar-refractivity contribution in [3.63, 3.8) is 0 Å². The molecule has 0 aromatic rings. The van der Waals surface area contributed by atoms with Crippen LogP contribution in [0.15, 0.2) is 0 Å². The van der Waals surface area contributed by atoms with Crippen LogP contribution in [-0.4, -0.2) is 25.8 Å². The van der Waals surface area contributed by atoms with E-state index in [1.165, 1.54) is 19.3 Å². The molecule has 1 aliphatic rings. The summed E-state index contributed by atoms with van der Waals surface area (Å²) in [6.07, 6.45) is 4.17. The number of nitrogens with zero attached hydrogens (tertiary/aromatic N) is 1. The molecule has 0 N–H and O–H groups in total. The lowest BCUT2D eigenvalue weighted by Gasteiger charge is -2.21. The molecule has 1 rings (SSSR count). The van der Waals surface area contributed by atoms with Gasteiger partial charge in [-0.05, 0) is 6.42 Å². The molecule has 1 heterocycles. The SMILES string of the molecule is CCCCC1C[N]CCO1. The summed E-state index contributed by atoms with van der Waals surface area (Å²) < 4.78 is 5.49. The molecule has 59 valence electrons. The van der Waals surface area contributed by atoms with E-state index in [1.807, 2.05) is 0 Å². The molecule has 10 heavy (non-hydrogen) atoms. The smallest absolute Gasteiger partial charge is 0.0716 e. The summed E-state index contributed by atoms with van der Waals surface area (Å²) in [6, 6.07) is 0. The van der Waals surface area contributed by atoms with Crippen molar-refractivity contribution in [3.8, 4) is 0 Å². The summed E-state index contributed by atoms with van der Waals surface area (Å²) in [5, 5.41) is 4.29. The molecule has 0 aliphatic carbocycles. The fourth-order valence-corrected chi connectivity index (χ4v) is 1.18. The summed E-state index contributed by atoms with van der Waals surface area (Å²) in [5.74, 6) is 0. The van der Waals surface area contributed by atoms with E-state index in [0.717, 1.165) is 19.7 Å². The van der Waals surface area contributed by atoms with Gasteiger partial charge in [-0.25, -0.2) is 5.32 Å². The van der Waals surface area contributed by atoms with Gasteiger partial charge in [0.1, 0.15) is 0 Å². The fraction of sp³-hybridized carbons (Fsp3) is 1.00. The molecule has 1 fully saturated rings. The van der Waals surface area contributed by atoms with Crippen molar-refractivity contribution < 1.29 is 4.74 Å². The van der Waals surface area contributed by atoms with Gasteiger partial charge >= 0.3 is 0 Å². The second kappa shape index (κ2) is 4.69. The zero-order valence-electron chi connectivity index (χ0n) is 6.68. The Morgan fingerprint density at radius 2 is 2.50 bits per heavy atom. The van der Waals surface area contributed by atoms with Gasteiger partial charge in [0.15, 0.2) is 0 Å². The Kier molecular flexibility index (Phi) is 3.76. The van der Waals surface area contributed by atoms with Crippen LogP contribution in [-0.2, 0) is 4.74 Å². The van der Waals surface area contributed by atoms with Gasteiger partial charge in [0, 0.05) is 13.1 Å². The van der Waals surface area contributed by atoms with Gasteiger partial charge in [-0.1, -0.05) is 19.8 Å². The first-order chi connectivity index (χ1) is 4.93. The first-order valence-corrected chi connectivity index (χ1v) is 4.18. The van der Waals surface area contributed by atoms with Gasteiger partial charge in [-0.15, -0.1) is 0 Å². The van der Waals surface area contributed by atoms with E-state index in [2.05, 4.69) is 12.2 Å². The predicted octanol–water partition coefficient (Wildman–Crippen LogP) is 1.18. The van der Waals surface area contributed by atoms with Crippen LogP contribution in [0.2, 0.25) is 0 Å². The minimum Gasteiger partial charge on any atom is -0.375 e. The second-order valence-corrected chi connectivity index (χ2v) is 2.76. The Morgan fingerprint density at radius 3 is 3.10 bits per heavy atom. The number of rotatable bonds is 3. The molecule has 1 saturated heterocycles.